The van der Waals surface area contributed by atoms with Gasteiger partial charge >= 0.3 is 0 Å². The molecule has 41 heavy (non-hydrogen) atoms. The fourth-order valence-corrected chi connectivity index (χ4v) is 5.37. The van der Waals surface area contributed by atoms with Gasteiger partial charge in [0.1, 0.15) is 17.3 Å². The van der Waals surface area contributed by atoms with E-state index >= 15 is 0 Å². The fourth-order valence-electron chi connectivity index (χ4n) is 5.37. The third-order valence-electron chi connectivity index (χ3n) is 7.54. The number of aryl methyl sites for hydroxylation is 2. The van der Waals surface area contributed by atoms with Gasteiger partial charge in [-0.05, 0) is 82.5 Å². The van der Waals surface area contributed by atoms with Gasteiger partial charge < -0.3 is 24.4 Å². The van der Waals surface area contributed by atoms with Crippen molar-refractivity contribution in [3.8, 4) is 11.5 Å². The molecule has 0 bridgehead atoms. The minimum absolute atomic E-state index is 0.0426. The van der Waals surface area contributed by atoms with Crippen molar-refractivity contribution in [2.75, 3.05) is 31.2 Å². The number of nitrogens with zero attached hydrogens (tertiary/aromatic N) is 2. The number of hydrogen-bond donors (Lipinski definition) is 1. The molecule has 0 radical (unpaired) electrons. The van der Waals surface area contributed by atoms with Gasteiger partial charge in [0.15, 0.2) is 0 Å². The summed E-state index contributed by atoms with van der Waals surface area (Å²) in [6.07, 6.45) is 0. The second-order valence-corrected chi connectivity index (χ2v) is 10.1. The van der Waals surface area contributed by atoms with Gasteiger partial charge in [0, 0.05) is 31.4 Å². The zero-order chi connectivity index (χ0) is 29.7. The van der Waals surface area contributed by atoms with E-state index in [9.17, 15) is 14.7 Å². The van der Waals surface area contributed by atoms with Crippen LogP contribution in [0, 0.1) is 13.8 Å². The Morgan fingerprint density at radius 3 is 2.20 bits per heavy atom. The van der Waals surface area contributed by atoms with Crippen LogP contribution in [0.1, 0.15) is 61.6 Å². The predicted molar refractivity (Wildman–Crippen MR) is 163 cm³/mol. The largest absolute Gasteiger partial charge is 0.507 e. The van der Waals surface area contributed by atoms with Crippen LogP contribution >= 0.6 is 0 Å². The molecule has 3 aromatic rings. The number of benzene rings is 3. The van der Waals surface area contributed by atoms with E-state index in [1.807, 2.05) is 70.2 Å². The quantitative estimate of drug-likeness (QED) is 0.164. The molecule has 1 N–H and O–H groups in total. The van der Waals surface area contributed by atoms with Gasteiger partial charge in [0.05, 0.1) is 30.4 Å². The summed E-state index contributed by atoms with van der Waals surface area (Å²) in [5.41, 5.74) is 5.22. The van der Waals surface area contributed by atoms with Crippen molar-refractivity contribution in [2.24, 2.45) is 0 Å². The maximum absolute atomic E-state index is 13.7. The zero-order valence-corrected chi connectivity index (χ0v) is 24.9. The van der Waals surface area contributed by atoms with Crippen LogP contribution in [-0.2, 0) is 16.1 Å². The third-order valence-corrected chi connectivity index (χ3v) is 7.54. The molecule has 3 aromatic carbocycles. The first kappa shape index (κ1) is 29.7. The number of aliphatic hydroxyl groups is 1. The summed E-state index contributed by atoms with van der Waals surface area (Å²) in [4.78, 5) is 31.1. The number of Topliss-reactive ketones (excluding diaryl/α,β-unsaturated/α-hetero) is 1. The Balaban J connectivity index is 1.89. The minimum atomic E-state index is -0.776. The van der Waals surface area contributed by atoms with Gasteiger partial charge in [-0.15, -0.1) is 0 Å². The Kier molecular flexibility index (Phi) is 9.38. The number of ketones is 1. The summed E-state index contributed by atoms with van der Waals surface area (Å²) in [5, 5.41) is 11.7. The maximum Gasteiger partial charge on any atom is 0.295 e. The van der Waals surface area contributed by atoms with Crippen LogP contribution in [0.2, 0.25) is 0 Å². The molecule has 1 saturated heterocycles. The van der Waals surface area contributed by atoms with E-state index in [4.69, 9.17) is 9.47 Å². The summed E-state index contributed by atoms with van der Waals surface area (Å²) in [6, 6.07) is 18.3. The molecule has 0 spiro atoms. The smallest absolute Gasteiger partial charge is 0.295 e. The van der Waals surface area contributed by atoms with Crippen LogP contribution in [0.4, 0.5) is 5.69 Å². The molecule has 7 nitrogen and oxygen atoms in total. The van der Waals surface area contributed by atoms with Crippen molar-refractivity contribution in [1.29, 1.82) is 0 Å². The molecule has 1 aliphatic heterocycles. The molecule has 4 rings (SSSR count). The first-order valence-corrected chi connectivity index (χ1v) is 14.3. The number of carbonyl (C=O) groups is 2. The number of anilines is 1. The average molecular weight is 557 g/mol. The molecule has 0 aromatic heterocycles. The fraction of sp³-hybridized carbons (Fsp3) is 0.353. The van der Waals surface area contributed by atoms with Crippen molar-refractivity contribution < 1.29 is 24.2 Å². The van der Waals surface area contributed by atoms with Crippen LogP contribution in [0.5, 0.6) is 11.5 Å². The topological polar surface area (TPSA) is 79.3 Å². The monoisotopic (exact) mass is 556 g/mol. The lowest BCUT2D eigenvalue weighted by molar-refractivity contribution is -0.140. The molecule has 1 unspecified atom stereocenters. The Labute approximate surface area is 243 Å². The highest BCUT2D eigenvalue weighted by Crippen LogP contribution is 2.43. The number of ether oxygens (including phenoxy) is 2. The maximum atomic E-state index is 13.7. The highest BCUT2D eigenvalue weighted by atomic mass is 16.5. The summed E-state index contributed by atoms with van der Waals surface area (Å²) in [5.74, 6) is -0.661. The van der Waals surface area contributed by atoms with E-state index < -0.39 is 17.7 Å². The summed E-state index contributed by atoms with van der Waals surface area (Å²) < 4.78 is 11.5. The van der Waals surface area contributed by atoms with Crippen molar-refractivity contribution in [2.45, 2.75) is 54.1 Å². The summed E-state index contributed by atoms with van der Waals surface area (Å²) in [7, 11) is 0. The Bertz CT molecular complexity index is 1440. The van der Waals surface area contributed by atoms with Gasteiger partial charge in [-0.3, -0.25) is 9.59 Å². The summed E-state index contributed by atoms with van der Waals surface area (Å²) in [6.45, 7) is 14.7. The molecular weight excluding hydrogens is 516 g/mol. The highest BCUT2D eigenvalue weighted by molar-refractivity contribution is 6.46. The Morgan fingerprint density at radius 2 is 1.56 bits per heavy atom. The van der Waals surface area contributed by atoms with Crippen LogP contribution in [-0.4, -0.2) is 48.0 Å². The molecule has 1 heterocycles. The second-order valence-electron chi connectivity index (χ2n) is 10.1. The van der Waals surface area contributed by atoms with E-state index in [-0.39, 0.29) is 17.9 Å². The minimum Gasteiger partial charge on any atom is -0.507 e. The summed E-state index contributed by atoms with van der Waals surface area (Å²) >= 11 is 0. The van der Waals surface area contributed by atoms with E-state index in [0.717, 1.165) is 41.0 Å². The first-order chi connectivity index (χ1) is 19.7. The van der Waals surface area contributed by atoms with Gasteiger partial charge in [-0.1, -0.05) is 35.9 Å². The van der Waals surface area contributed by atoms with Crippen LogP contribution in [0.25, 0.3) is 5.76 Å². The molecule has 1 amide bonds. The number of hydrogen-bond acceptors (Lipinski definition) is 6. The molecule has 1 aliphatic rings. The van der Waals surface area contributed by atoms with Gasteiger partial charge in [0.2, 0.25) is 0 Å². The van der Waals surface area contributed by atoms with Crippen LogP contribution < -0.4 is 14.4 Å². The third kappa shape index (κ3) is 6.09. The van der Waals surface area contributed by atoms with Gasteiger partial charge in [-0.25, -0.2) is 0 Å². The first-order valence-electron chi connectivity index (χ1n) is 14.3. The Morgan fingerprint density at radius 1 is 0.878 bits per heavy atom. The normalized spacial score (nSPS) is 16.2. The lowest BCUT2D eigenvalue weighted by Gasteiger charge is -2.27. The zero-order valence-electron chi connectivity index (χ0n) is 24.9. The van der Waals surface area contributed by atoms with Gasteiger partial charge in [0.25, 0.3) is 11.7 Å². The van der Waals surface area contributed by atoms with Crippen LogP contribution in [0.3, 0.4) is 0 Å². The lowest BCUT2D eigenvalue weighted by atomic mass is 9.94. The Hall–Kier alpha value is -4.26. The number of aliphatic hydroxyl groups excluding tert-OH is 1. The van der Waals surface area contributed by atoms with Crippen molar-refractivity contribution in [3.63, 3.8) is 0 Å². The number of amides is 1. The van der Waals surface area contributed by atoms with E-state index in [0.29, 0.717) is 30.3 Å². The highest BCUT2D eigenvalue weighted by Gasteiger charge is 2.46. The molecule has 1 atom stereocenters. The van der Waals surface area contributed by atoms with Crippen LogP contribution in [0.15, 0.2) is 66.2 Å². The standard InChI is InChI=1S/C34H40N2O5/c1-7-35(8-2)26-15-13-24(14-16-26)31-30(32(37)28-18-17-27(40-9-3)20-29(28)41-10-4)33(38)34(39)36(31)21-25-19-22(5)11-12-23(25)6/h11-20,31,37H,7-10,21H2,1-6H3/b32-30-. The molecule has 216 valence electrons. The number of rotatable bonds is 11. The average Bonchev–Trinajstić information content (AvgIpc) is 3.21. The molecule has 7 heteroatoms. The molecular formula is C34H40N2O5. The predicted octanol–water partition coefficient (Wildman–Crippen LogP) is 6.57. The van der Waals surface area contributed by atoms with E-state index in [2.05, 4.69) is 18.7 Å². The lowest BCUT2D eigenvalue weighted by Crippen LogP contribution is -2.29. The van der Waals surface area contributed by atoms with Crippen molar-refractivity contribution in [1.82, 2.24) is 4.90 Å². The van der Waals surface area contributed by atoms with Crippen molar-refractivity contribution >= 4 is 23.1 Å². The second kappa shape index (κ2) is 12.9. The van der Waals surface area contributed by atoms with E-state index in [1.165, 1.54) is 0 Å². The molecule has 0 aliphatic carbocycles. The number of carbonyl (C=O) groups excluding carboxylic acids is 2. The number of likely N-dealkylation sites (tertiary alicyclic amines) is 1. The molecule has 0 saturated carbocycles. The van der Waals surface area contributed by atoms with Gasteiger partial charge in [-0.2, -0.15) is 0 Å². The van der Waals surface area contributed by atoms with E-state index in [1.54, 1.807) is 23.1 Å². The van der Waals surface area contributed by atoms with Crippen molar-refractivity contribution in [3.05, 3.63) is 94.1 Å². The molecule has 1 fully saturated rings. The SMILES string of the molecule is CCOc1ccc(/C(O)=C2/C(=O)C(=O)N(Cc3cc(C)ccc3C)C2c2ccc(N(CC)CC)cc2)c(OCC)c1.